The summed E-state index contributed by atoms with van der Waals surface area (Å²) in [6.45, 7) is 0.923. The molecular formula is C15H18N8Na2O4. The van der Waals surface area contributed by atoms with Crippen LogP contribution in [0.2, 0.25) is 0 Å². The largest absolute Gasteiger partial charge is 1.00 e. The van der Waals surface area contributed by atoms with Crippen LogP contribution in [0.3, 0.4) is 0 Å². The summed E-state index contributed by atoms with van der Waals surface area (Å²) in [7, 11) is 0. The first-order chi connectivity index (χ1) is 13.0. The molecule has 2 aromatic rings. The van der Waals surface area contributed by atoms with E-state index in [1.54, 1.807) is 0 Å². The molecule has 0 radical (unpaired) electrons. The Morgan fingerprint density at radius 3 is 1.72 bits per heavy atom. The van der Waals surface area contributed by atoms with E-state index in [4.69, 9.17) is 11.5 Å². The van der Waals surface area contributed by atoms with E-state index >= 15 is 0 Å². The number of carbonyl (C=O) groups excluding carboxylic acids is 2. The molecule has 1 aromatic heterocycles. The third kappa shape index (κ3) is 7.35. The third-order valence-corrected chi connectivity index (χ3v) is 3.39. The Labute approximate surface area is 210 Å². The number of carboxylic acid groups (broad SMARTS) is 2. The first kappa shape index (κ1) is 27.5. The molecule has 0 saturated carbocycles. The molecule has 0 fully saturated rings. The van der Waals surface area contributed by atoms with Crippen LogP contribution < -0.4 is 96.7 Å². The van der Waals surface area contributed by atoms with Crippen LogP contribution in [-0.2, 0) is 0 Å². The fourth-order valence-corrected chi connectivity index (χ4v) is 2.34. The van der Waals surface area contributed by atoms with Crippen LogP contribution in [0.5, 0.6) is 0 Å². The topological polar surface area (TPSA) is 207 Å². The number of rotatable bonds is 10. The number of anilines is 4. The molecule has 7 N–H and O–H groups in total. The summed E-state index contributed by atoms with van der Waals surface area (Å²) in [5.74, 6) is -3.28. The SMILES string of the molecule is NCCNc1cc(NCCN)c(C(=O)[O-])c(Nc2ncncn2)c1C(=O)[O-].[Na+].[Na+]. The average molecular weight is 420 g/mol. The molecule has 0 aliphatic rings. The molecule has 0 unspecified atom stereocenters. The molecule has 144 valence electrons. The number of aromatic nitrogens is 3. The van der Waals surface area contributed by atoms with Crippen LogP contribution >= 0.6 is 0 Å². The van der Waals surface area contributed by atoms with Crippen LogP contribution in [0.1, 0.15) is 20.7 Å². The van der Waals surface area contributed by atoms with Crippen molar-refractivity contribution >= 4 is 34.9 Å². The minimum Gasteiger partial charge on any atom is -0.545 e. The number of hydrogen-bond donors (Lipinski definition) is 5. The summed E-state index contributed by atoms with van der Waals surface area (Å²) in [5, 5.41) is 31.8. The van der Waals surface area contributed by atoms with Gasteiger partial charge in [0, 0.05) is 48.7 Å². The van der Waals surface area contributed by atoms with E-state index in [9.17, 15) is 19.8 Å². The summed E-state index contributed by atoms with van der Waals surface area (Å²) >= 11 is 0. The van der Waals surface area contributed by atoms with E-state index in [-0.39, 0.29) is 108 Å². The number of nitrogens with two attached hydrogens (primary N) is 2. The van der Waals surface area contributed by atoms with Crippen LogP contribution in [-0.4, -0.2) is 53.1 Å². The molecule has 0 atom stereocenters. The van der Waals surface area contributed by atoms with Crippen molar-refractivity contribution in [2.24, 2.45) is 11.5 Å². The zero-order valence-electron chi connectivity index (χ0n) is 16.2. The van der Waals surface area contributed by atoms with Gasteiger partial charge < -0.3 is 47.2 Å². The maximum atomic E-state index is 11.8. The van der Waals surface area contributed by atoms with Crippen LogP contribution in [0.15, 0.2) is 18.7 Å². The number of aromatic carboxylic acids is 2. The fourth-order valence-electron chi connectivity index (χ4n) is 2.34. The fraction of sp³-hybridized carbons (Fsp3) is 0.267. The monoisotopic (exact) mass is 420 g/mol. The maximum Gasteiger partial charge on any atom is 1.00 e. The molecule has 0 spiro atoms. The van der Waals surface area contributed by atoms with Gasteiger partial charge in [0.15, 0.2) is 0 Å². The standard InChI is InChI=1S/C15H20N8O4.2Na/c16-1-3-19-8-5-9(20-4-2-17)11(14(26)27)12(10(8)13(24)25)23-15-21-6-18-7-22-15;;/h5-7,19-20H,1-4,16-17H2,(H,24,25)(H,26,27)(H,18,21,22,23);;/q;2*+1/p-2. The van der Waals surface area contributed by atoms with Crippen LogP contribution in [0, 0.1) is 0 Å². The van der Waals surface area contributed by atoms with E-state index in [1.165, 1.54) is 6.07 Å². The van der Waals surface area contributed by atoms with Gasteiger partial charge in [0.25, 0.3) is 0 Å². The predicted octanol–water partition coefficient (Wildman–Crippen LogP) is -8.91. The molecule has 0 aliphatic heterocycles. The van der Waals surface area contributed by atoms with E-state index in [1.807, 2.05) is 0 Å². The van der Waals surface area contributed by atoms with Crippen LogP contribution in [0.4, 0.5) is 23.0 Å². The molecular weight excluding hydrogens is 402 g/mol. The quantitative estimate of drug-likeness (QED) is 0.227. The maximum absolute atomic E-state index is 11.8. The Kier molecular flexibility index (Phi) is 13.0. The van der Waals surface area contributed by atoms with Gasteiger partial charge in [-0.15, -0.1) is 0 Å². The van der Waals surface area contributed by atoms with E-state index in [0.717, 1.165) is 12.7 Å². The minimum absolute atomic E-state index is 0. The molecule has 2 rings (SSSR count). The van der Waals surface area contributed by atoms with Crippen molar-refractivity contribution < 1.29 is 78.9 Å². The average Bonchev–Trinajstić information content (AvgIpc) is 2.64. The Bertz CT molecular complexity index is 781. The van der Waals surface area contributed by atoms with E-state index in [2.05, 4.69) is 30.9 Å². The number of nitrogens with zero attached hydrogens (tertiary/aromatic N) is 3. The van der Waals surface area contributed by atoms with E-state index in [0.29, 0.717) is 0 Å². The first-order valence-electron chi connectivity index (χ1n) is 7.90. The molecule has 12 nitrogen and oxygen atoms in total. The smallest absolute Gasteiger partial charge is 0.545 e. The molecule has 29 heavy (non-hydrogen) atoms. The number of carboxylic acids is 2. The van der Waals surface area contributed by atoms with E-state index < -0.39 is 23.1 Å². The zero-order chi connectivity index (χ0) is 19.8. The van der Waals surface area contributed by atoms with Crippen molar-refractivity contribution in [1.29, 1.82) is 0 Å². The molecule has 0 saturated heterocycles. The van der Waals surface area contributed by atoms with Gasteiger partial charge in [-0.25, -0.2) is 15.0 Å². The van der Waals surface area contributed by atoms with Crippen molar-refractivity contribution in [2.45, 2.75) is 0 Å². The number of benzene rings is 1. The van der Waals surface area contributed by atoms with Crippen molar-refractivity contribution in [3.63, 3.8) is 0 Å². The van der Waals surface area contributed by atoms with Crippen LogP contribution in [0.25, 0.3) is 0 Å². The molecule has 0 aliphatic carbocycles. The minimum atomic E-state index is -1.61. The second kappa shape index (κ2) is 13.7. The Morgan fingerprint density at radius 2 is 1.34 bits per heavy atom. The zero-order valence-corrected chi connectivity index (χ0v) is 20.2. The summed E-state index contributed by atoms with van der Waals surface area (Å²) in [6, 6.07) is 1.32. The van der Waals surface area contributed by atoms with Gasteiger partial charge in [0.1, 0.15) is 12.7 Å². The van der Waals surface area contributed by atoms with Crippen molar-refractivity contribution in [3.05, 3.63) is 29.8 Å². The third-order valence-electron chi connectivity index (χ3n) is 3.39. The van der Waals surface area contributed by atoms with Crippen molar-refractivity contribution in [1.82, 2.24) is 15.0 Å². The Balaban J connectivity index is 0.00000392. The summed E-state index contributed by atoms with van der Waals surface area (Å²) < 4.78 is 0. The first-order valence-corrected chi connectivity index (χ1v) is 7.90. The normalized spacial score (nSPS) is 9.59. The summed E-state index contributed by atoms with van der Waals surface area (Å²) in [4.78, 5) is 34.8. The Morgan fingerprint density at radius 1 is 0.897 bits per heavy atom. The van der Waals surface area contributed by atoms with Gasteiger partial charge in [-0.05, 0) is 6.07 Å². The van der Waals surface area contributed by atoms with Gasteiger partial charge in [0.05, 0.1) is 17.6 Å². The Hall–Kier alpha value is -1.51. The molecule has 14 heteroatoms. The van der Waals surface area contributed by atoms with Gasteiger partial charge in [0.2, 0.25) is 5.95 Å². The number of nitrogens with one attached hydrogen (secondary N) is 3. The van der Waals surface area contributed by atoms with Crippen molar-refractivity contribution in [3.8, 4) is 0 Å². The van der Waals surface area contributed by atoms with Gasteiger partial charge in [-0.1, -0.05) is 0 Å². The predicted molar refractivity (Wildman–Crippen MR) is 93.3 cm³/mol. The van der Waals surface area contributed by atoms with Gasteiger partial charge in [-0.3, -0.25) is 0 Å². The second-order valence-corrected chi connectivity index (χ2v) is 5.19. The molecule has 0 amide bonds. The number of carbonyl (C=O) groups is 2. The molecule has 1 heterocycles. The summed E-state index contributed by atoms with van der Waals surface area (Å²) in [5.41, 5.74) is 9.95. The molecule has 0 bridgehead atoms. The molecule has 1 aromatic carbocycles. The van der Waals surface area contributed by atoms with Gasteiger partial charge in [-0.2, -0.15) is 0 Å². The van der Waals surface area contributed by atoms with Gasteiger partial charge >= 0.3 is 59.1 Å². The summed E-state index contributed by atoms with van der Waals surface area (Å²) in [6.07, 6.45) is 2.33. The number of hydrogen-bond acceptors (Lipinski definition) is 12. The van der Waals surface area contributed by atoms with Crippen molar-refractivity contribution in [2.75, 3.05) is 42.1 Å². The second-order valence-electron chi connectivity index (χ2n) is 5.19.